The fourth-order valence-corrected chi connectivity index (χ4v) is 11.3. The van der Waals surface area contributed by atoms with Crippen molar-refractivity contribution in [2.24, 2.45) is 0 Å². The van der Waals surface area contributed by atoms with Crippen molar-refractivity contribution in [1.82, 2.24) is 59.8 Å². The summed E-state index contributed by atoms with van der Waals surface area (Å²) in [6.45, 7) is 0. The van der Waals surface area contributed by atoms with Gasteiger partial charge in [-0.05, 0) is 121 Å². The number of para-hydroxylation sites is 4. The lowest BCUT2D eigenvalue weighted by Crippen LogP contribution is -2.12. The third-order valence-electron chi connectivity index (χ3n) is 14.5. The van der Waals surface area contributed by atoms with Crippen LogP contribution in [-0.4, -0.2) is 59.8 Å². The molecule has 12 heteroatoms. The molecule has 0 N–H and O–H groups in total. The molecule has 0 spiro atoms. The molecule has 0 unspecified atom stereocenters. The van der Waals surface area contributed by atoms with Gasteiger partial charge >= 0.3 is 0 Å². The first-order valence-corrected chi connectivity index (χ1v) is 26.1. The lowest BCUT2D eigenvalue weighted by Gasteiger charge is -2.32. The number of hydrogen-bond donors (Lipinski definition) is 0. The van der Waals surface area contributed by atoms with E-state index in [2.05, 4.69) is 0 Å². The van der Waals surface area contributed by atoms with Gasteiger partial charge in [-0.25, -0.2) is 19.9 Å². The summed E-state index contributed by atoms with van der Waals surface area (Å²) in [6, 6.07) is 63.7. The zero-order chi connectivity index (χ0) is 52.9. The molecule has 0 saturated carbocycles. The number of nitrogens with zero attached hydrogens (tertiary/aromatic N) is 12. The summed E-state index contributed by atoms with van der Waals surface area (Å²) in [5.41, 5.74) is 18.9. The Labute approximate surface area is 458 Å². The number of hydrogen-bond acceptors (Lipinski definition) is 12. The second-order valence-corrected chi connectivity index (χ2v) is 19.0. The highest BCUT2D eigenvalue weighted by atomic mass is 14.9. The van der Waals surface area contributed by atoms with Gasteiger partial charge in [-0.2, -0.15) is 0 Å². The van der Waals surface area contributed by atoms with Crippen LogP contribution < -0.4 is 0 Å². The minimum atomic E-state index is 0.546. The molecule has 372 valence electrons. The molecular weight excluding hydrogens is 985 g/mol. The van der Waals surface area contributed by atoms with Gasteiger partial charge < -0.3 is 0 Å². The van der Waals surface area contributed by atoms with Crippen molar-refractivity contribution >= 4 is 22.1 Å². The first kappa shape index (κ1) is 46.1. The smallest absolute Gasteiger partial charge is 0.0987 e. The van der Waals surface area contributed by atoms with E-state index in [4.69, 9.17) is 59.8 Å². The molecule has 1 aliphatic carbocycles. The number of rotatable bonds is 8. The maximum atomic E-state index is 5.91. The van der Waals surface area contributed by atoms with E-state index in [9.17, 15) is 0 Å². The Morgan fingerprint density at radius 2 is 0.300 bits per heavy atom. The van der Waals surface area contributed by atoms with E-state index in [0.29, 0.717) is 113 Å². The second kappa shape index (κ2) is 19.4. The van der Waals surface area contributed by atoms with Crippen molar-refractivity contribution < 1.29 is 0 Å². The van der Waals surface area contributed by atoms with Gasteiger partial charge in [0.1, 0.15) is 0 Å². The molecule has 10 aromatic heterocycles. The molecule has 0 atom stereocenters. The van der Waals surface area contributed by atoms with Crippen molar-refractivity contribution in [3.63, 3.8) is 0 Å². The molecule has 0 aliphatic heterocycles. The molecular formula is C68H40N12. The molecule has 1 aliphatic rings. The van der Waals surface area contributed by atoms with Crippen LogP contribution in [0, 0.1) is 0 Å². The molecule has 14 aromatic rings. The fourth-order valence-electron chi connectivity index (χ4n) is 11.3. The Morgan fingerprint density at radius 3 is 0.450 bits per heavy atom. The van der Waals surface area contributed by atoms with Gasteiger partial charge in [-0.3, -0.25) is 39.9 Å². The summed E-state index contributed by atoms with van der Waals surface area (Å²) in [7, 11) is 0. The van der Waals surface area contributed by atoms with E-state index >= 15 is 0 Å². The summed E-state index contributed by atoms with van der Waals surface area (Å²) < 4.78 is 0. The maximum absolute atomic E-state index is 5.91. The summed E-state index contributed by atoms with van der Waals surface area (Å²) >= 11 is 0. The van der Waals surface area contributed by atoms with E-state index in [0.717, 1.165) is 44.5 Å². The third-order valence-corrected chi connectivity index (χ3v) is 14.5. The van der Waals surface area contributed by atoms with Gasteiger partial charge in [0.05, 0.1) is 90.4 Å². The molecule has 15 rings (SSSR count). The first-order chi connectivity index (χ1) is 39.8. The zero-order valence-corrected chi connectivity index (χ0v) is 42.5. The van der Waals surface area contributed by atoms with Gasteiger partial charge in [-0.15, -0.1) is 0 Å². The number of aromatic nitrogens is 12. The predicted octanol–water partition coefficient (Wildman–Crippen LogP) is 15.1. The Hall–Kier alpha value is -11.2. The minimum Gasteiger partial charge on any atom is -0.256 e. The van der Waals surface area contributed by atoms with E-state index < -0.39 is 0 Å². The average Bonchev–Trinajstić information content (AvgIpc) is 3.66. The Balaban J connectivity index is 1.31. The van der Waals surface area contributed by atoms with Crippen LogP contribution in [0.5, 0.6) is 0 Å². The zero-order valence-electron chi connectivity index (χ0n) is 42.5. The van der Waals surface area contributed by atoms with Crippen molar-refractivity contribution in [3.8, 4) is 135 Å². The van der Waals surface area contributed by atoms with Gasteiger partial charge in [0, 0.05) is 116 Å². The van der Waals surface area contributed by atoms with Crippen LogP contribution in [0.4, 0.5) is 0 Å². The van der Waals surface area contributed by atoms with E-state index in [1.807, 2.05) is 244 Å². The molecule has 12 nitrogen and oxygen atoms in total. The van der Waals surface area contributed by atoms with Crippen molar-refractivity contribution in [2.75, 3.05) is 0 Å². The molecule has 4 aromatic carbocycles. The SMILES string of the molecule is c1ccc(-c2c(-c3ccccn3)c(-c3ccccn3)c3c(c2-c2ccccn2)-c2nc4ccccc4nc2-c2c(-c4ccccn4)c(-c4ccccn4)c(-c4ccccn4)c(-c4ccccn4)c2-c2nc4ccccc4nc2-3)nc1. The van der Waals surface area contributed by atoms with Crippen LogP contribution in [0.25, 0.3) is 157 Å². The Bertz CT molecular complexity index is 4060. The van der Waals surface area contributed by atoms with Crippen molar-refractivity contribution in [3.05, 3.63) is 244 Å². The molecule has 0 radical (unpaired) electrons. The van der Waals surface area contributed by atoms with Crippen LogP contribution in [0.1, 0.15) is 0 Å². The molecule has 0 fully saturated rings. The Morgan fingerprint density at radius 1 is 0.150 bits per heavy atom. The molecule has 0 saturated heterocycles. The van der Waals surface area contributed by atoms with Gasteiger partial charge in [-0.1, -0.05) is 72.8 Å². The van der Waals surface area contributed by atoms with Crippen LogP contribution in [0.2, 0.25) is 0 Å². The predicted molar refractivity (Wildman–Crippen MR) is 314 cm³/mol. The summed E-state index contributed by atoms with van der Waals surface area (Å²) in [5.74, 6) is 0. The van der Waals surface area contributed by atoms with Crippen LogP contribution >= 0.6 is 0 Å². The average molecular weight is 1030 g/mol. The highest BCUT2D eigenvalue weighted by Gasteiger charge is 2.41. The topological polar surface area (TPSA) is 155 Å². The quantitative estimate of drug-likeness (QED) is 0.142. The maximum Gasteiger partial charge on any atom is 0.0987 e. The highest BCUT2D eigenvalue weighted by Crippen LogP contribution is 2.62. The normalized spacial score (nSPS) is 11.5. The lowest BCUT2D eigenvalue weighted by atomic mass is 9.73. The summed E-state index contributed by atoms with van der Waals surface area (Å²) in [6.07, 6.45) is 14.5. The van der Waals surface area contributed by atoms with Crippen LogP contribution in [-0.2, 0) is 0 Å². The van der Waals surface area contributed by atoms with E-state index in [1.54, 1.807) is 0 Å². The minimum absolute atomic E-state index is 0.546. The number of pyridine rings is 8. The highest BCUT2D eigenvalue weighted by molar-refractivity contribution is 6.22. The molecule has 0 amide bonds. The first-order valence-electron chi connectivity index (χ1n) is 26.1. The molecule has 80 heavy (non-hydrogen) atoms. The summed E-state index contributed by atoms with van der Waals surface area (Å²) in [5, 5.41) is 0. The second-order valence-electron chi connectivity index (χ2n) is 19.0. The van der Waals surface area contributed by atoms with Gasteiger partial charge in [0.25, 0.3) is 0 Å². The summed E-state index contributed by atoms with van der Waals surface area (Å²) in [4.78, 5) is 65.4. The van der Waals surface area contributed by atoms with E-state index in [1.165, 1.54) is 0 Å². The Kier molecular flexibility index (Phi) is 11.2. The molecule has 0 bridgehead atoms. The monoisotopic (exact) mass is 1020 g/mol. The van der Waals surface area contributed by atoms with Crippen LogP contribution in [0.3, 0.4) is 0 Å². The largest absolute Gasteiger partial charge is 0.256 e. The lowest BCUT2D eigenvalue weighted by molar-refractivity contribution is 1.22. The molecule has 10 heterocycles. The van der Waals surface area contributed by atoms with E-state index in [-0.39, 0.29) is 0 Å². The third kappa shape index (κ3) is 7.61. The van der Waals surface area contributed by atoms with Gasteiger partial charge in [0.2, 0.25) is 0 Å². The number of fused-ring (bicyclic) bond motifs is 10. The van der Waals surface area contributed by atoms with Crippen molar-refractivity contribution in [1.29, 1.82) is 0 Å². The van der Waals surface area contributed by atoms with Crippen molar-refractivity contribution in [2.45, 2.75) is 0 Å². The number of benzene rings is 4. The van der Waals surface area contributed by atoms with Crippen LogP contribution in [0.15, 0.2) is 244 Å². The fraction of sp³-hybridized carbons (Fsp3) is 0. The standard InChI is InChI=1S/C68H40N12/c1-2-22-42-41(21-1)77-65-61-57(49-29-9-17-37-73-49)53(45-25-5-13-33-69-45)54(46-26-6-14-34-70-46)58(50-30-10-18-38-74-50)62(61)67-68(80-44-24-4-3-23-43(44)79-67)64-60(52-32-12-20-40-76-52)56(48-28-8-16-36-72-48)55(47-27-7-15-35-71-47)59(63(64)66(65)78-42)51-31-11-19-39-75-51/h1-40H. The van der Waals surface area contributed by atoms with Gasteiger partial charge in [0.15, 0.2) is 0 Å².